The molecule has 7 heteroatoms. The molecule has 2 aromatic rings. The third kappa shape index (κ3) is 4.14. The Morgan fingerprint density at radius 1 is 1.21 bits per heavy atom. The summed E-state index contributed by atoms with van der Waals surface area (Å²) in [7, 11) is 5.40. The quantitative estimate of drug-likeness (QED) is 0.441. The molecule has 1 aliphatic rings. The lowest BCUT2D eigenvalue weighted by Gasteiger charge is -2.25. The number of ketones is 1. The van der Waals surface area contributed by atoms with Crippen LogP contribution in [0, 0.1) is 0 Å². The van der Waals surface area contributed by atoms with Gasteiger partial charge >= 0.3 is 0 Å². The molecule has 1 fully saturated rings. The first-order chi connectivity index (χ1) is 14.0. The van der Waals surface area contributed by atoms with E-state index in [0.29, 0.717) is 29.8 Å². The molecular weight excluding hydrogens is 370 g/mol. The highest BCUT2D eigenvalue weighted by Crippen LogP contribution is 2.40. The monoisotopic (exact) mass is 395 g/mol. The first kappa shape index (κ1) is 20.5. The predicted molar refractivity (Wildman–Crippen MR) is 109 cm³/mol. The van der Waals surface area contributed by atoms with Crippen molar-refractivity contribution in [2.75, 3.05) is 34.3 Å². The van der Waals surface area contributed by atoms with E-state index in [2.05, 4.69) is 4.98 Å². The molecule has 1 aliphatic heterocycles. The maximum Gasteiger partial charge on any atom is 0.295 e. The maximum absolute atomic E-state index is 12.9. The van der Waals surface area contributed by atoms with Gasteiger partial charge < -0.3 is 19.6 Å². The molecule has 1 saturated heterocycles. The molecule has 1 amide bonds. The number of para-hydroxylation sites is 1. The van der Waals surface area contributed by atoms with E-state index < -0.39 is 17.7 Å². The van der Waals surface area contributed by atoms with E-state index in [-0.39, 0.29) is 11.3 Å². The molecular formula is C22H25N3O4. The Balaban J connectivity index is 2.11. The Labute approximate surface area is 170 Å². The van der Waals surface area contributed by atoms with Gasteiger partial charge in [0.1, 0.15) is 11.5 Å². The standard InChI is InChI=1S/C22H25N3O4/c1-24(2)12-7-13-25-19(15-8-6-11-23-14-15)18(21(27)22(25)28)20(26)16-9-4-5-10-17(16)29-3/h4-6,8-11,14,19,26H,7,12-13H2,1-3H3/b20-18+. The second-order valence-electron chi connectivity index (χ2n) is 7.14. The van der Waals surface area contributed by atoms with Crippen molar-refractivity contribution in [1.82, 2.24) is 14.8 Å². The number of aliphatic hydroxyl groups excluding tert-OH is 1. The van der Waals surface area contributed by atoms with Crippen LogP contribution >= 0.6 is 0 Å². The first-order valence-electron chi connectivity index (χ1n) is 9.42. The van der Waals surface area contributed by atoms with Crippen molar-refractivity contribution >= 4 is 17.4 Å². The normalized spacial score (nSPS) is 18.5. The Kier molecular flexibility index (Phi) is 6.29. The van der Waals surface area contributed by atoms with E-state index in [1.165, 1.54) is 12.0 Å². The number of hydrogen-bond donors (Lipinski definition) is 1. The van der Waals surface area contributed by atoms with Gasteiger partial charge in [0.05, 0.1) is 24.3 Å². The summed E-state index contributed by atoms with van der Waals surface area (Å²) in [6, 6.07) is 9.72. The molecule has 1 aromatic heterocycles. The minimum Gasteiger partial charge on any atom is -0.507 e. The number of rotatable bonds is 7. The van der Waals surface area contributed by atoms with Gasteiger partial charge in [0.25, 0.3) is 11.7 Å². The molecule has 3 rings (SSSR count). The SMILES string of the molecule is COc1ccccc1/C(O)=C1\C(=O)C(=O)N(CCCN(C)C)C1c1cccnc1. The van der Waals surface area contributed by atoms with Crippen LogP contribution in [0.5, 0.6) is 5.75 Å². The molecule has 2 heterocycles. The van der Waals surface area contributed by atoms with Gasteiger partial charge in [0.15, 0.2) is 0 Å². The average molecular weight is 395 g/mol. The summed E-state index contributed by atoms with van der Waals surface area (Å²) >= 11 is 0. The molecule has 0 saturated carbocycles. The fraction of sp³-hybridized carbons (Fsp3) is 0.318. The Hall–Kier alpha value is -3.19. The van der Waals surface area contributed by atoms with Crippen LogP contribution in [0.2, 0.25) is 0 Å². The minimum absolute atomic E-state index is 0.0531. The number of likely N-dealkylation sites (tertiary alicyclic amines) is 1. The van der Waals surface area contributed by atoms with Crippen molar-refractivity contribution in [3.05, 3.63) is 65.5 Å². The third-order valence-electron chi connectivity index (χ3n) is 4.91. The number of carbonyl (C=O) groups is 2. The third-order valence-corrected chi connectivity index (χ3v) is 4.91. The number of methoxy groups -OCH3 is 1. The van der Waals surface area contributed by atoms with Crippen molar-refractivity contribution in [3.63, 3.8) is 0 Å². The molecule has 0 bridgehead atoms. The van der Waals surface area contributed by atoms with Crippen molar-refractivity contribution in [2.24, 2.45) is 0 Å². The van der Waals surface area contributed by atoms with Gasteiger partial charge in [-0.1, -0.05) is 18.2 Å². The Bertz CT molecular complexity index is 925. The van der Waals surface area contributed by atoms with E-state index in [1.54, 1.807) is 48.8 Å². The number of carbonyl (C=O) groups excluding carboxylic acids is 2. The second-order valence-corrected chi connectivity index (χ2v) is 7.14. The molecule has 1 N–H and O–H groups in total. The molecule has 0 radical (unpaired) electrons. The summed E-state index contributed by atoms with van der Waals surface area (Å²) in [6.45, 7) is 1.17. The van der Waals surface area contributed by atoms with Crippen molar-refractivity contribution in [2.45, 2.75) is 12.5 Å². The zero-order valence-electron chi connectivity index (χ0n) is 16.8. The molecule has 1 atom stereocenters. The van der Waals surface area contributed by atoms with E-state index in [9.17, 15) is 14.7 Å². The van der Waals surface area contributed by atoms with Gasteiger partial charge in [-0.3, -0.25) is 14.6 Å². The van der Waals surface area contributed by atoms with E-state index in [0.717, 1.165) is 6.54 Å². The number of Topliss-reactive ketones (excluding diaryl/α,β-unsaturated/α-hetero) is 1. The van der Waals surface area contributed by atoms with E-state index >= 15 is 0 Å². The van der Waals surface area contributed by atoms with Crippen LogP contribution in [-0.2, 0) is 9.59 Å². The van der Waals surface area contributed by atoms with Crippen LogP contribution in [0.1, 0.15) is 23.6 Å². The number of nitrogens with zero attached hydrogens (tertiary/aromatic N) is 3. The van der Waals surface area contributed by atoms with Gasteiger partial charge in [-0.05, 0) is 50.8 Å². The molecule has 0 spiro atoms. The smallest absolute Gasteiger partial charge is 0.295 e. The zero-order chi connectivity index (χ0) is 21.0. The molecule has 1 unspecified atom stereocenters. The fourth-order valence-corrected chi connectivity index (χ4v) is 3.54. The van der Waals surface area contributed by atoms with Crippen LogP contribution in [0.3, 0.4) is 0 Å². The van der Waals surface area contributed by atoms with Gasteiger partial charge in [-0.25, -0.2) is 0 Å². The van der Waals surface area contributed by atoms with Gasteiger partial charge in [-0.2, -0.15) is 0 Å². The number of hydrogen-bond acceptors (Lipinski definition) is 6. The predicted octanol–water partition coefficient (Wildman–Crippen LogP) is 2.46. The minimum atomic E-state index is -0.702. The van der Waals surface area contributed by atoms with Crippen LogP contribution < -0.4 is 4.74 Å². The Morgan fingerprint density at radius 3 is 2.62 bits per heavy atom. The molecule has 1 aromatic carbocycles. The van der Waals surface area contributed by atoms with Crippen molar-refractivity contribution in [1.29, 1.82) is 0 Å². The number of benzene rings is 1. The summed E-state index contributed by atoms with van der Waals surface area (Å²) in [5.74, 6) is -1.14. The number of pyridine rings is 1. The largest absolute Gasteiger partial charge is 0.507 e. The summed E-state index contributed by atoms with van der Waals surface area (Å²) in [5.41, 5.74) is 1.10. The summed E-state index contributed by atoms with van der Waals surface area (Å²) < 4.78 is 5.33. The Morgan fingerprint density at radius 2 is 1.97 bits per heavy atom. The highest BCUT2D eigenvalue weighted by Gasteiger charge is 2.46. The highest BCUT2D eigenvalue weighted by molar-refractivity contribution is 6.46. The number of aromatic nitrogens is 1. The van der Waals surface area contributed by atoms with Crippen molar-refractivity contribution in [3.8, 4) is 5.75 Å². The molecule has 152 valence electrons. The lowest BCUT2D eigenvalue weighted by molar-refractivity contribution is -0.139. The van der Waals surface area contributed by atoms with Gasteiger partial charge in [0, 0.05) is 18.9 Å². The summed E-state index contributed by atoms with van der Waals surface area (Å²) in [4.78, 5) is 33.4. The topological polar surface area (TPSA) is 83.0 Å². The van der Waals surface area contributed by atoms with Crippen LogP contribution in [0.25, 0.3) is 5.76 Å². The van der Waals surface area contributed by atoms with Gasteiger partial charge in [0.2, 0.25) is 0 Å². The average Bonchev–Trinajstić information content (AvgIpc) is 2.98. The van der Waals surface area contributed by atoms with Crippen LogP contribution in [0.4, 0.5) is 0 Å². The number of aliphatic hydroxyl groups is 1. The van der Waals surface area contributed by atoms with Crippen molar-refractivity contribution < 1.29 is 19.4 Å². The second kappa shape index (κ2) is 8.87. The molecule has 7 nitrogen and oxygen atoms in total. The number of amides is 1. The highest BCUT2D eigenvalue weighted by atomic mass is 16.5. The fourth-order valence-electron chi connectivity index (χ4n) is 3.54. The molecule has 0 aliphatic carbocycles. The summed E-state index contributed by atoms with van der Waals surface area (Å²) in [6.07, 6.45) is 3.94. The van der Waals surface area contributed by atoms with E-state index in [4.69, 9.17) is 4.74 Å². The van der Waals surface area contributed by atoms with Gasteiger partial charge in [-0.15, -0.1) is 0 Å². The zero-order valence-corrected chi connectivity index (χ0v) is 16.8. The number of ether oxygens (including phenoxy) is 1. The first-order valence-corrected chi connectivity index (χ1v) is 9.42. The molecule has 29 heavy (non-hydrogen) atoms. The maximum atomic E-state index is 12.9. The lowest BCUT2D eigenvalue weighted by atomic mass is 9.96. The summed E-state index contributed by atoms with van der Waals surface area (Å²) in [5, 5.41) is 11.1. The van der Waals surface area contributed by atoms with Crippen LogP contribution in [0.15, 0.2) is 54.4 Å². The van der Waals surface area contributed by atoms with E-state index in [1.807, 2.05) is 19.0 Å². The van der Waals surface area contributed by atoms with Crippen LogP contribution in [-0.4, -0.2) is 65.9 Å². The lowest BCUT2D eigenvalue weighted by Crippen LogP contribution is -2.32.